The summed E-state index contributed by atoms with van der Waals surface area (Å²) in [5.74, 6) is 0.0355. The number of carbonyl (C=O) groups excluding carboxylic acids is 4. The maximum absolute atomic E-state index is 15.5. The van der Waals surface area contributed by atoms with E-state index >= 15 is 4.39 Å². The largest absolute Gasteiger partial charge is 0.474 e. The van der Waals surface area contributed by atoms with Gasteiger partial charge in [0.15, 0.2) is 0 Å². The molecular formula is C48H56FN9O6. The third-order valence-corrected chi connectivity index (χ3v) is 13.1. The highest BCUT2D eigenvalue weighted by molar-refractivity contribution is 6.01. The average molecular weight is 874 g/mol. The third-order valence-electron chi connectivity index (χ3n) is 13.1. The Morgan fingerprint density at radius 3 is 2.53 bits per heavy atom. The third kappa shape index (κ3) is 9.37. The first kappa shape index (κ1) is 43.1. The van der Waals surface area contributed by atoms with Gasteiger partial charge in [0, 0.05) is 56.6 Å². The van der Waals surface area contributed by atoms with Crippen molar-refractivity contribution in [2.24, 2.45) is 5.92 Å². The Balaban J connectivity index is 0.753. The Morgan fingerprint density at radius 1 is 0.938 bits per heavy atom. The van der Waals surface area contributed by atoms with Crippen LogP contribution >= 0.6 is 0 Å². The summed E-state index contributed by atoms with van der Waals surface area (Å²) >= 11 is 0. The molecule has 0 bridgehead atoms. The zero-order valence-electron chi connectivity index (χ0n) is 37.0. The lowest BCUT2D eigenvalue weighted by Gasteiger charge is -2.35. The molecule has 0 radical (unpaired) electrons. The first-order chi connectivity index (χ1) is 30.7. The smallest absolute Gasteiger partial charge is 0.415 e. The number of aromatic nitrogens is 3. The van der Waals surface area contributed by atoms with Crippen molar-refractivity contribution in [1.29, 1.82) is 0 Å². The van der Waals surface area contributed by atoms with E-state index in [2.05, 4.69) is 42.5 Å². The number of ether oxygens (including phenoxy) is 2. The molecule has 336 valence electrons. The Labute approximate surface area is 372 Å². The van der Waals surface area contributed by atoms with E-state index in [1.165, 1.54) is 17.2 Å². The number of imide groups is 1. The van der Waals surface area contributed by atoms with E-state index < -0.39 is 17.5 Å². The van der Waals surface area contributed by atoms with Crippen molar-refractivity contribution >= 4 is 46.8 Å². The van der Waals surface area contributed by atoms with Crippen LogP contribution in [0.25, 0.3) is 0 Å². The van der Waals surface area contributed by atoms with Crippen LogP contribution < -0.4 is 25.2 Å². The Kier molecular flexibility index (Phi) is 12.0. The molecule has 0 saturated carbocycles. The van der Waals surface area contributed by atoms with Crippen molar-refractivity contribution < 1.29 is 33.0 Å². The second-order valence-corrected chi connectivity index (χ2v) is 18.7. The Morgan fingerprint density at radius 2 is 1.75 bits per heavy atom. The predicted octanol–water partition coefficient (Wildman–Crippen LogP) is 6.47. The van der Waals surface area contributed by atoms with E-state index in [-0.39, 0.29) is 30.1 Å². The minimum atomic E-state index is -0.648. The number of likely N-dealkylation sites (tertiary alicyclic amines) is 1. The highest BCUT2D eigenvalue weighted by Gasteiger charge is 2.34. The second-order valence-electron chi connectivity index (χ2n) is 18.7. The first-order valence-electron chi connectivity index (χ1n) is 22.5. The standard InChI is InChI=1S/C48H56FN9O6/c1-29-40(25-50-45-43(29)58(19-20-63-45)47(62)64-48(2,3)4)57-18-14-33-24-51-46(53-39(33)28-57)52-36-8-7-32(38(49)23-36)22-42(60)56-16-12-30(13-17-56)11-15-55-26-34-6-5-31(21-35(34)27-55)37-9-10-41(59)54-44(37)61/h5-8,21,23-25,30,37H,9-20,22,26-28H2,1-4H3,(H,51,52,53)(H,54,59,61). The van der Waals surface area contributed by atoms with Gasteiger partial charge in [-0.3, -0.25) is 29.5 Å². The molecule has 1 atom stereocenters. The summed E-state index contributed by atoms with van der Waals surface area (Å²) in [4.78, 5) is 72.6. The maximum atomic E-state index is 15.5. The molecule has 9 rings (SSSR count). The van der Waals surface area contributed by atoms with Crippen molar-refractivity contribution in [1.82, 2.24) is 30.1 Å². The van der Waals surface area contributed by atoms with Gasteiger partial charge >= 0.3 is 6.09 Å². The van der Waals surface area contributed by atoms with E-state index in [0.29, 0.717) is 93.3 Å². The number of nitrogens with zero attached hydrogens (tertiary/aromatic N) is 7. The minimum Gasteiger partial charge on any atom is -0.474 e. The molecule has 5 aliphatic rings. The predicted molar refractivity (Wildman–Crippen MR) is 238 cm³/mol. The van der Waals surface area contributed by atoms with Crippen LogP contribution in [0.4, 0.5) is 32.2 Å². The van der Waals surface area contributed by atoms with Crippen LogP contribution in [0.15, 0.2) is 48.8 Å². The molecule has 0 aliphatic carbocycles. The molecule has 0 spiro atoms. The molecular weight excluding hydrogens is 818 g/mol. The molecule has 2 fully saturated rings. The summed E-state index contributed by atoms with van der Waals surface area (Å²) in [6, 6.07) is 11.1. The number of amides is 4. The number of rotatable bonds is 9. The van der Waals surface area contributed by atoms with Crippen LogP contribution in [0.1, 0.15) is 97.9 Å². The molecule has 2 aromatic heterocycles. The molecule has 4 amide bonds. The van der Waals surface area contributed by atoms with Crippen molar-refractivity contribution in [3.05, 3.63) is 93.7 Å². The number of hydrogen-bond acceptors (Lipinski definition) is 12. The minimum absolute atomic E-state index is 0.00651. The number of piperidine rings is 2. The molecule has 5 aliphatic heterocycles. The number of nitrogens with one attached hydrogen (secondary N) is 2. The monoisotopic (exact) mass is 873 g/mol. The van der Waals surface area contributed by atoms with Gasteiger partial charge in [0.1, 0.15) is 23.7 Å². The number of pyridine rings is 1. The molecule has 4 aromatic rings. The fourth-order valence-corrected chi connectivity index (χ4v) is 9.60. The van der Waals surface area contributed by atoms with Crippen LogP contribution in [0.5, 0.6) is 5.88 Å². The number of fused-ring (bicyclic) bond motifs is 3. The molecule has 16 heteroatoms. The molecule has 15 nitrogen and oxygen atoms in total. The van der Waals surface area contributed by atoms with E-state index in [1.807, 2.05) is 38.7 Å². The Hall–Kier alpha value is -6.16. The van der Waals surface area contributed by atoms with Gasteiger partial charge in [-0.1, -0.05) is 24.3 Å². The zero-order valence-corrected chi connectivity index (χ0v) is 37.0. The lowest BCUT2D eigenvalue weighted by atomic mass is 9.89. The molecule has 7 heterocycles. The first-order valence-corrected chi connectivity index (χ1v) is 22.5. The normalized spacial score (nSPS) is 19.1. The second kappa shape index (κ2) is 17.8. The van der Waals surface area contributed by atoms with E-state index in [4.69, 9.17) is 14.5 Å². The fraction of sp³-hybridized carbons (Fsp3) is 0.479. The van der Waals surface area contributed by atoms with Gasteiger partial charge in [-0.05, 0) is 112 Å². The van der Waals surface area contributed by atoms with Gasteiger partial charge in [0.05, 0.1) is 43.0 Å². The molecule has 2 N–H and O–H groups in total. The highest BCUT2D eigenvalue weighted by Crippen LogP contribution is 2.40. The van der Waals surface area contributed by atoms with Gasteiger partial charge in [-0.25, -0.2) is 24.1 Å². The van der Waals surface area contributed by atoms with Crippen LogP contribution in [-0.2, 0) is 51.6 Å². The molecule has 1 unspecified atom stereocenters. The zero-order chi connectivity index (χ0) is 44.7. The lowest BCUT2D eigenvalue weighted by Crippen LogP contribution is -2.42. The van der Waals surface area contributed by atoms with Crippen LogP contribution in [0, 0.1) is 18.7 Å². The van der Waals surface area contributed by atoms with Crippen molar-refractivity contribution in [2.75, 3.05) is 54.4 Å². The van der Waals surface area contributed by atoms with E-state index in [1.54, 1.807) is 29.4 Å². The molecule has 2 saturated heterocycles. The van der Waals surface area contributed by atoms with Gasteiger partial charge in [-0.2, -0.15) is 0 Å². The number of hydrogen-bond donors (Lipinski definition) is 2. The molecule has 64 heavy (non-hydrogen) atoms. The van der Waals surface area contributed by atoms with E-state index in [0.717, 1.165) is 67.0 Å². The number of anilines is 4. The summed E-state index contributed by atoms with van der Waals surface area (Å²) in [7, 11) is 0. The maximum Gasteiger partial charge on any atom is 0.415 e. The SMILES string of the molecule is Cc1c(N2CCc3cnc(Nc4ccc(CC(=O)N5CCC(CCN6Cc7ccc(C8CCC(=O)NC8=O)cc7C6)CC5)c(F)c4)nc3C2)cnc2c1N(C(=O)OC(C)(C)C)CCO2. The van der Waals surface area contributed by atoms with Gasteiger partial charge in [0.2, 0.25) is 29.5 Å². The van der Waals surface area contributed by atoms with Crippen molar-refractivity contribution in [2.45, 2.75) is 104 Å². The number of carbonyl (C=O) groups is 4. The number of halogens is 1. The Bertz CT molecular complexity index is 2480. The summed E-state index contributed by atoms with van der Waals surface area (Å²) < 4.78 is 27.1. The summed E-state index contributed by atoms with van der Waals surface area (Å²) in [5.41, 5.74) is 7.88. The van der Waals surface area contributed by atoms with Crippen molar-refractivity contribution in [3.63, 3.8) is 0 Å². The molecule has 2 aromatic carbocycles. The van der Waals surface area contributed by atoms with E-state index in [9.17, 15) is 19.2 Å². The van der Waals surface area contributed by atoms with Gasteiger partial charge in [-0.15, -0.1) is 0 Å². The van der Waals surface area contributed by atoms with Crippen LogP contribution in [0.2, 0.25) is 0 Å². The highest BCUT2D eigenvalue weighted by atomic mass is 19.1. The van der Waals surface area contributed by atoms with Crippen LogP contribution in [0.3, 0.4) is 0 Å². The average Bonchev–Trinajstić information content (AvgIpc) is 3.68. The number of benzene rings is 2. The fourth-order valence-electron chi connectivity index (χ4n) is 9.60. The summed E-state index contributed by atoms with van der Waals surface area (Å²) in [5, 5.41) is 5.62. The summed E-state index contributed by atoms with van der Waals surface area (Å²) in [6.07, 6.45) is 7.64. The topological polar surface area (TPSA) is 162 Å². The van der Waals surface area contributed by atoms with Gasteiger partial charge in [0.25, 0.3) is 0 Å². The summed E-state index contributed by atoms with van der Waals surface area (Å²) in [6.45, 7) is 13.4. The lowest BCUT2D eigenvalue weighted by molar-refractivity contribution is -0.134. The quantitative estimate of drug-likeness (QED) is 0.177. The van der Waals surface area contributed by atoms with Crippen LogP contribution in [-0.4, -0.2) is 93.5 Å². The van der Waals surface area contributed by atoms with Gasteiger partial charge < -0.3 is 24.6 Å². The van der Waals surface area contributed by atoms with Crippen molar-refractivity contribution in [3.8, 4) is 5.88 Å².